The predicted molar refractivity (Wildman–Crippen MR) is 66.1 cm³/mol. The number of nitrogens with one attached hydrogen (secondary N) is 1. The maximum atomic E-state index is 11.8. The molecule has 0 saturated carbocycles. The van der Waals surface area contributed by atoms with Gasteiger partial charge in [-0.1, -0.05) is 0 Å². The summed E-state index contributed by atoms with van der Waals surface area (Å²) in [6, 6.07) is 3.47. The van der Waals surface area contributed by atoms with Crippen LogP contribution in [0.5, 0.6) is 0 Å². The summed E-state index contributed by atoms with van der Waals surface area (Å²) in [6.45, 7) is 3.61. The van der Waals surface area contributed by atoms with Crippen molar-refractivity contribution in [3.05, 3.63) is 24.2 Å². The molecule has 1 atom stereocenters. The van der Waals surface area contributed by atoms with Crippen molar-refractivity contribution in [3.8, 4) is 0 Å². The van der Waals surface area contributed by atoms with Crippen molar-refractivity contribution in [2.45, 2.75) is 12.8 Å². The average Bonchev–Trinajstić information content (AvgIpc) is 2.83. The van der Waals surface area contributed by atoms with Crippen LogP contribution in [0.15, 0.2) is 22.8 Å². The van der Waals surface area contributed by atoms with Gasteiger partial charge in [-0.3, -0.25) is 9.69 Å². The van der Waals surface area contributed by atoms with E-state index in [1.54, 1.807) is 12.1 Å². The molecule has 4 nitrogen and oxygen atoms in total. The minimum atomic E-state index is 0.0567. The third-order valence-corrected chi connectivity index (χ3v) is 3.18. The fourth-order valence-corrected chi connectivity index (χ4v) is 2.35. The minimum Gasteiger partial charge on any atom is -0.461 e. The molecule has 0 bridgehead atoms. The standard InChI is InChI=1S/C13H20N2O2/c1-15(9-11-4-2-6-14-8-11)10-12(16)13-5-3-7-17-13/h3,5,7,11,14H,2,4,6,8-10H2,1H3/t11-/m0/s1. The second-order valence-corrected chi connectivity index (χ2v) is 4.81. The van der Waals surface area contributed by atoms with Crippen LogP contribution in [0.2, 0.25) is 0 Å². The lowest BCUT2D eigenvalue weighted by Crippen LogP contribution is -2.38. The Morgan fingerprint density at radius 2 is 2.53 bits per heavy atom. The Balaban J connectivity index is 1.76. The summed E-state index contributed by atoms with van der Waals surface area (Å²) < 4.78 is 5.10. The van der Waals surface area contributed by atoms with Crippen LogP contribution in [0.3, 0.4) is 0 Å². The number of piperidine rings is 1. The predicted octanol–water partition coefficient (Wildman–Crippen LogP) is 1.39. The number of carbonyl (C=O) groups excluding carboxylic acids is 1. The number of rotatable bonds is 5. The molecule has 1 aromatic heterocycles. The number of hydrogen-bond donors (Lipinski definition) is 1. The maximum absolute atomic E-state index is 11.8. The highest BCUT2D eigenvalue weighted by atomic mass is 16.3. The van der Waals surface area contributed by atoms with Gasteiger partial charge in [0.15, 0.2) is 5.76 Å². The van der Waals surface area contributed by atoms with Crippen molar-refractivity contribution in [3.63, 3.8) is 0 Å². The zero-order chi connectivity index (χ0) is 12.1. The normalized spacial score (nSPS) is 20.7. The van der Waals surface area contributed by atoms with E-state index in [4.69, 9.17) is 4.42 Å². The van der Waals surface area contributed by atoms with E-state index < -0.39 is 0 Å². The smallest absolute Gasteiger partial charge is 0.211 e. The largest absolute Gasteiger partial charge is 0.461 e. The van der Waals surface area contributed by atoms with Gasteiger partial charge in [-0.15, -0.1) is 0 Å². The maximum Gasteiger partial charge on any atom is 0.211 e. The second kappa shape index (κ2) is 5.98. The Morgan fingerprint density at radius 3 is 3.18 bits per heavy atom. The summed E-state index contributed by atoms with van der Waals surface area (Å²) in [5.74, 6) is 1.18. The SMILES string of the molecule is CN(CC(=O)c1ccco1)C[C@H]1CCCNC1. The van der Waals surface area contributed by atoms with Crippen LogP contribution >= 0.6 is 0 Å². The molecule has 0 amide bonds. The Morgan fingerprint density at radius 1 is 1.65 bits per heavy atom. The second-order valence-electron chi connectivity index (χ2n) is 4.81. The van der Waals surface area contributed by atoms with Crippen molar-refractivity contribution in [1.82, 2.24) is 10.2 Å². The van der Waals surface area contributed by atoms with E-state index >= 15 is 0 Å². The number of furan rings is 1. The third kappa shape index (κ3) is 3.68. The molecular weight excluding hydrogens is 216 g/mol. The molecule has 1 aliphatic rings. The number of Topliss-reactive ketones (excluding diaryl/α,β-unsaturated/α-hetero) is 1. The molecule has 17 heavy (non-hydrogen) atoms. The van der Waals surface area contributed by atoms with Crippen LogP contribution in [-0.2, 0) is 0 Å². The van der Waals surface area contributed by atoms with Crippen molar-refractivity contribution in [2.24, 2.45) is 5.92 Å². The molecule has 1 aliphatic heterocycles. The lowest BCUT2D eigenvalue weighted by atomic mass is 9.99. The first-order valence-corrected chi connectivity index (χ1v) is 6.21. The first-order chi connectivity index (χ1) is 8.25. The lowest BCUT2D eigenvalue weighted by molar-refractivity contribution is 0.0907. The van der Waals surface area contributed by atoms with Crippen LogP contribution in [0.1, 0.15) is 23.4 Å². The van der Waals surface area contributed by atoms with E-state index in [1.165, 1.54) is 19.1 Å². The highest BCUT2D eigenvalue weighted by Crippen LogP contribution is 2.11. The lowest BCUT2D eigenvalue weighted by Gasteiger charge is -2.27. The number of hydrogen-bond acceptors (Lipinski definition) is 4. The van der Waals surface area contributed by atoms with Crippen LogP contribution in [0.4, 0.5) is 0 Å². The minimum absolute atomic E-state index is 0.0567. The topological polar surface area (TPSA) is 45.5 Å². The summed E-state index contributed by atoms with van der Waals surface area (Å²) in [5.41, 5.74) is 0. The molecule has 2 heterocycles. The van der Waals surface area contributed by atoms with E-state index in [-0.39, 0.29) is 5.78 Å². The molecule has 1 aromatic rings. The highest BCUT2D eigenvalue weighted by molar-refractivity contribution is 5.94. The van der Waals surface area contributed by atoms with Gasteiger partial charge < -0.3 is 9.73 Å². The van der Waals surface area contributed by atoms with Gasteiger partial charge in [0.05, 0.1) is 12.8 Å². The summed E-state index contributed by atoms with van der Waals surface area (Å²) in [6.07, 6.45) is 4.04. The van der Waals surface area contributed by atoms with Gasteiger partial charge in [0.1, 0.15) is 0 Å². The average molecular weight is 236 g/mol. The summed E-state index contributed by atoms with van der Waals surface area (Å²) in [7, 11) is 2.00. The highest BCUT2D eigenvalue weighted by Gasteiger charge is 2.17. The Kier molecular flexibility index (Phi) is 4.34. The first-order valence-electron chi connectivity index (χ1n) is 6.21. The molecule has 1 fully saturated rings. The van der Waals surface area contributed by atoms with Crippen LogP contribution in [-0.4, -0.2) is 43.9 Å². The van der Waals surface area contributed by atoms with Gasteiger partial charge in [-0.25, -0.2) is 0 Å². The fraction of sp³-hybridized carbons (Fsp3) is 0.615. The van der Waals surface area contributed by atoms with Crippen molar-refractivity contribution in [2.75, 3.05) is 33.2 Å². The van der Waals surface area contributed by atoms with E-state index in [2.05, 4.69) is 10.2 Å². The summed E-state index contributed by atoms with van der Waals surface area (Å²) in [5, 5.41) is 3.39. The molecule has 2 rings (SSSR count). The van der Waals surface area contributed by atoms with Crippen molar-refractivity contribution < 1.29 is 9.21 Å². The molecule has 0 aromatic carbocycles. The molecule has 94 valence electrons. The zero-order valence-corrected chi connectivity index (χ0v) is 10.3. The van der Waals surface area contributed by atoms with Crippen molar-refractivity contribution >= 4 is 5.78 Å². The van der Waals surface area contributed by atoms with Gasteiger partial charge in [0, 0.05) is 6.54 Å². The van der Waals surface area contributed by atoms with Gasteiger partial charge >= 0.3 is 0 Å². The van der Waals surface area contributed by atoms with Gasteiger partial charge in [0.25, 0.3) is 0 Å². The van der Waals surface area contributed by atoms with Crippen LogP contribution in [0, 0.1) is 5.92 Å². The number of nitrogens with zero attached hydrogens (tertiary/aromatic N) is 1. The molecule has 0 radical (unpaired) electrons. The van der Waals surface area contributed by atoms with Crippen LogP contribution < -0.4 is 5.32 Å². The first kappa shape index (κ1) is 12.3. The molecule has 0 unspecified atom stereocenters. The Bertz CT molecular complexity index is 342. The van der Waals surface area contributed by atoms with Gasteiger partial charge in [-0.2, -0.15) is 0 Å². The molecule has 4 heteroatoms. The van der Waals surface area contributed by atoms with E-state index in [1.807, 2.05) is 7.05 Å². The summed E-state index contributed by atoms with van der Waals surface area (Å²) >= 11 is 0. The number of likely N-dealkylation sites (N-methyl/N-ethyl adjacent to an activating group) is 1. The monoisotopic (exact) mass is 236 g/mol. The molecular formula is C13H20N2O2. The van der Waals surface area contributed by atoms with Crippen molar-refractivity contribution in [1.29, 1.82) is 0 Å². The van der Waals surface area contributed by atoms with Gasteiger partial charge in [0.2, 0.25) is 5.78 Å². The number of ketones is 1. The Labute approximate surface area is 102 Å². The van der Waals surface area contributed by atoms with Gasteiger partial charge in [-0.05, 0) is 51.0 Å². The van der Waals surface area contributed by atoms with E-state index in [0.717, 1.165) is 19.6 Å². The fourth-order valence-electron chi connectivity index (χ4n) is 2.35. The summed E-state index contributed by atoms with van der Waals surface area (Å²) in [4.78, 5) is 13.9. The Hall–Kier alpha value is -1.13. The van der Waals surface area contributed by atoms with E-state index in [9.17, 15) is 4.79 Å². The molecule has 0 aliphatic carbocycles. The molecule has 1 saturated heterocycles. The number of carbonyl (C=O) groups is 1. The molecule has 0 spiro atoms. The van der Waals surface area contributed by atoms with Crippen LogP contribution in [0.25, 0.3) is 0 Å². The zero-order valence-electron chi connectivity index (χ0n) is 10.3. The molecule has 1 N–H and O–H groups in total. The quantitative estimate of drug-likeness (QED) is 0.785. The third-order valence-electron chi connectivity index (χ3n) is 3.18. The van der Waals surface area contributed by atoms with E-state index in [0.29, 0.717) is 18.2 Å².